The molecule has 39 nitrogen and oxygen atoms in total. The molecule has 0 unspecified atom stereocenters. The van der Waals surface area contributed by atoms with Gasteiger partial charge in [0.25, 0.3) is 11.8 Å². The summed E-state index contributed by atoms with van der Waals surface area (Å²) in [6.07, 6.45) is -38.6. The third-order valence-electron chi connectivity index (χ3n) is 9.16. The van der Waals surface area contributed by atoms with E-state index in [9.17, 15) is 38.4 Å². The fourth-order valence-corrected chi connectivity index (χ4v) is 4.06. The summed E-state index contributed by atoms with van der Waals surface area (Å²) in [4.78, 5) is 79.4. The highest BCUT2D eigenvalue weighted by atomic mass is 16.4. The van der Waals surface area contributed by atoms with E-state index in [1.54, 1.807) is 0 Å². The molecule has 0 bridgehead atoms. The number of aldehydes is 6. The molecule has 2 amide bonds. The van der Waals surface area contributed by atoms with Gasteiger partial charge in [-0.2, -0.15) is 0 Å². The molecule has 0 aliphatic carbocycles. The Balaban J connectivity index is -0.000000198. The summed E-state index contributed by atoms with van der Waals surface area (Å²) in [5.74, 6) is -0.657. The second-order valence-electron chi connectivity index (χ2n) is 15.3. The SMILES string of the molecule is O=C1C=CC(=O)N1.O=C[C@@H](O)[C@@H](O)[C@H](O)[C@H](O)CO.O=C[C@@H](O)[C@@H](O)[C@H](O)[C@H](O)CO.O=C[C@@H](O)[C@@H](O)[C@H](O)[C@H](O)CO.O=C[C@@H](O)[C@@H](O)[C@H](O)[C@H](O)CO.O=C[C@@H](O)[C@@H](O)[C@H](O)[C@H](O)CO.O=C[C@@H](O)[C@@H](O)[C@H](O)[C@H](O)CO. The molecule has 0 aromatic rings. The first kappa shape index (κ1) is 86.0. The van der Waals surface area contributed by atoms with Crippen molar-refractivity contribution in [3.05, 3.63) is 12.2 Å². The van der Waals surface area contributed by atoms with Crippen LogP contribution in [-0.4, -0.2) is 389 Å². The second-order valence-corrected chi connectivity index (χ2v) is 15.3. The van der Waals surface area contributed by atoms with E-state index in [2.05, 4.69) is 0 Å². The normalized spacial score (nSPS) is 20.8. The van der Waals surface area contributed by atoms with E-state index in [0.717, 1.165) is 0 Å². The average molecular weight is 1180 g/mol. The predicted octanol–water partition coefficient (Wildman–Crippen LogP) is -21.1. The quantitative estimate of drug-likeness (QED) is 0.0235. The van der Waals surface area contributed by atoms with Crippen molar-refractivity contribution in [2.75, 3.05) is 39.6 Å². The Morgan fingerprint density at radius 1 is 0.253 bits per heavy atom. The molecule has 1 rings (SSSR count). The largest absolute Gasteiger partial charge is 0.394 e. The van der Waals surface area contributed by atoms with E-state index in [4.69, 9.17) is 153 Å². The summed E-state index contributed by atoms with van der Waals surface area (Å²) in [6, 6.07) is 0. The number of carbonyl (C=O) groups is 8. The van der Waals surface area contributed by atoms with Crippen molar-refractivity contribution < 1.29 is 192 Å². The maximum absolute atomic E-state index is 10.0. The fraction of sp³-hybridized carbons (Fsp3) is 0.750. The molecule has 24 atom stereocenters. The van der Waals surface area contributed by atoms with Gasteiger partial charge in [-0.1, -0.05) is 0 Å². The van der Waals surface area contributed by atoms with Crippen molar-refractivity contribution in [3.63, 3.8) is 0 Å². The molecule has 0 aromatic carbocycles. The minimum atomic E-state index is -1.79. The van der Waals surface area contributed by atoms with Gasteiger partial charge in [-0.05, 0) is 0 Å². The van der Waals surface area contributed by atoms with Crippen LogP contribution in [0.3, 0.4) is 0 Å². The van der Waals surface area contributed by atoms with Crippen LogP contribution in [0.25, 0.3) is 0 Å². The molecule has 0 aromatic heterocycles. The smallest absolute Gasteiger partial charge is 0.250 e. The van der Waals surface area contributed by atoms with Crippen LogP contribution in [0.1, 0.15) is 0 Å². The molecular weight excluding hydrogens is 1100 g/mol. The summed E-state index contributed by atoms with van der Waals surface area (Å²) >= 11 is 0. The summed E-state index contributed by atoms with van der Waals surface area (Å²) in [6.45, 7) is -4.56. The second kappa shape index (κ2) is 49.5. The predicted molar refractivity (Wildman–Crippen MR) is 245 cm³/mol. The van der Waals surface area contributed by atoms with Crippen LogP contribution in [0.2, 0.25) is 0 Å². The minimum Gasteiger partial charge on any atom is -0.394 e. The zero-order chi connectivity index (χ0) is 63.6. The highest BCUT2D eigenvalue weighted by molar-refractivity contribution is 6.12. The standard InChI is InChI=1S/6C6H12O6.C4H3NO2/c6*7-1-3(9)5(11)6(12)4(10)2-8;6-3-1-2-4(7)5-3/h6*1,3-6,8-12H,2H2;1-2H,(H,5,6,7)/t6*3-,4-,5-,6-;/m111111./s1. The molecule has 0 radical (unpaired) electrons. The molecule has 1 aliphatic rings. The average Bonchev–Trinajstić information content (AvgIpc) is 3.87. The third-order valence-corrected chi connectivity index (χ3v) is 9.16. The lowest BCUT2D eigenvalue weighted by Crippen LogP contribution is -2.46. The number of carbonyl (C=O) groups excluding carboxylic acids is 8. The van der Waals surface area contributed by atoms with Gasteiger partial charge < -0.3 is 182 Å². The Labute approximate surface area is 444 Å². The molecule has 0 saturated carbocycles. The Morgan fingerprint density at radius 3 is 0.430 bits per heavy atom. The molecule has 79 heavy (non-hydrogen) atoms. The Morgan fingerprint density at radius 2 is 0.367 bits per heavy atom. The van der Waals surface area contributed by atoms with Gasteiger partial charge in [-0.3, -0.25) is 14.9 Å². The summed E-state index contributed by atoms with van der Waals surface area (Å²) in [5, 5.41) is 263. The number of nitrogens with one attached hydrogen (secondary N) is 1. The van der Waals surface area contributed by atoms with E-state index in [1.165, 1.54) is 12.2 Å². The summed E-state index contributed by atoms with van der Waals surface area (Å²) in [5.41, 5.74) is 0. The topological polar surface area (TPSA) is 755 Å². The van der Waals surface area contributed by atoms with E-state index in [1.807, 2.05) is 5.32 Å². The van der Waals surface area contributed by atoms with Gasteiger partial charge in [-0.15, -0.1) is 0 Å². The van der Waals surface area contributed by atoms with Crippen LogP contribution in [0, 0.1) is 0 Å². The first-order chi connectivity index (χ1) is 36.5. The monoisotopic (exact) mass is 1180 g/mol. The number of aliphatic hydroxyl groups excluding tert-OH is 30. The highest BCUT2D eigenvalue weighted by Gasteiger charge is 2.33. The van der Waals surface area contributed by atoms with Crippen molar-refractivity contribution >= 4 is 49.5 Å². The lowest BCUT2D eigenvalue weighted by molar-refractivity contribution is -0.136. The molecule has 0 saturated heterocycles. The molecule has 468 valence electrons. The van der Waals surface area contributed by atoms with Crippen molar-refractivity contribution in [1.82, 2.24) is 5.32 Å². The van der Waals surface area contributed by atoms with Crippen molar-refractivity contribution in [2.24, 2.45) is 0 Å². The number of rotatable bonds is 30. The molecule has 31 N–H and O–H groups in total. The van der Waals surface area contributed by atoms with Crippen molar-refractivity contribution in [2.45, 2.75) is 146 Å². The fourth-order valence-electron chi connectivity index (χ4n) is 4.06. The first-order valence-corrected chi connectivity index (χ1v) is 21.8. The van der Waals surface area contributed by atoms with Crippen LogP contribution in [0.15, 0.2) is 12.2 Å². The van der Waals surface area contributed by atoms with Crippen LogP contribution in [-0.2, 0) is 38.4 Å². The van der Waals surface area contributed by atoms with Gasteiger partial charge in [0, 0.05) is 12.2 Å². The Kier molecular flexibility index (Phi) is 53.9. The number of hydrogen-bond acceptors (Lipinski definition) is 38. The Hall–Kier alpha value is -4.30. The zero-order valence-corrected chi connectivity index (χ0v) is 40.9. The summed E-state index contributed by atoms with van der Waals surface area (Å²) < 4.78 is 0. The molecule has 39 heteroatoms. The van der Waals surface area contributed by atoms with Gasteiger partial charge in [-0.25, -0.2) is 0 Å². The number of hydrogen-bond donors (Lipinski definition) is 31. The van der Waals surface area contributed by atoms with E-state index in [0.29, 0.717) is 0 Å². The number of aliphatic hydroxyl groups is 30. The number of amides is 2. The van der Waals surface area contributed by atoms with E-state index >= 15 is 0 Å². The molecule has 0 spiro atoms. The summed E-state index contributed by atoms with van der Waals surface area (Å²) in [7, 11) is 0. The molecule has 0 fully saturated rings. The number of imide groups is 1. The van der Waals surface area contributed by atoms with E-state index in [-0.39, 0.29) is 49.5 Å². The first-order valence-electron chi connectivity index (χ1n) is 21.8. The van der Waals surface area contributed by atoms with Gasteiger partial charge in [0.1, 0.15) is 146 Å². The van der Waals surface area contributed by atoms with Gasteiger partial charge in [0.2, 0.25) is 0 Å². The maximum Gasteiger partial charge on any atom is 0.250 e. The maximum atomic E-state index is 10.0. The molecular formula is C40H75NO38. The van der Waals surface area contributed by atoms with Crippen molar-refractivity contribution in [3.8, 4) is 0 Å². The molecule has 1 aliphatic heterocycles. The third kappa shape index (κ3) is 37.4. The van der Waals surface area contributed by atoms with Crippen molar-refractivity contribution in [1.29, 1.82) is 0 Å². The Bertz CT molecular complexity index is 1360. The van der Waals surface area contributed by atoms with Gasteiger partial charge in [0.05, 0.1) is 39.6 Å². The zero-order valence-electron chi connectivity index (χ0n) is 40.9. The van der Waals surface area contributed by atoms with Crippen LogP contribution in [0.4, 0.5) is 0 Å². The van der Waals surface area contributed by atoms with Crippen LogP contribution < -0.4 is 5.32 Å². The lowest BCUT2D eigenvalue weighted by atomic mass is 10.0. The van der Waals surface area contributed by atoms with Crippen LogP contribution >= 0.6 is 0 Å². The van der Waals surface area contributed by atoms with E-state index < -0.39 is 186 Å². The lowest BCUT2D eigenvalue weighted by Gasteiger charge is -2.22. The molecule has 1 heterocycles. The van der Waals surface area contributed by atoms with Crippen LogP contribution in [0.5, 0.6) is 0 Å². The van der Waals surface area contributed by atoms with Gasteiger partial charge >= 0.3 is 0 Å². The highest BCUT2D eigenvalue weighted by Crippen LogP contribution is 2.07. The minimum absolute atomic E-state index is 0.0258. The van der Waals surface area contributed by atoms with Gasteiger partial charge in [0.15, 0.2) is 37.7 Å².